The second kappa shape index (κ2) is 2.82. The summed E-state index contributed by atoms with van der Waals surface area (Å²) in [5, 5.41) is 0. The highest BCUT2D eigenvalue weighted by Crippen LogP contribution is 2.17. The van der Waals surface area contributed by atoms with Crippen LogP contribution in [0.3, 0.4) is 0 Å². The van der Waals surface area contributed by atoms with Crippen LogP contribution in [0.5, 0.6) is 0 Å². The monoisotopic (exact) mass is 326 g/mol. The topological polar surface area (TPSA) is 0 Å². The van der Waals surface area contributed by atoms with Crippen molar-refractivity contribution in [2.24, 2.45) is 0 Å². The van der Waals surface area contributed by atoms with Gasteiger partial charge in [-0.05, 0) is 45.2 Å². The summed E-state index contributed by atoms with van der Waals surface area (Å²) in [4.78, 5) is 0. The molecule has 0 radical (unpaired) electrons. The predicted molar refractivity (Wildman–Crippen MR) is 49.9 cm³/mol. The molecule has 0 N–H and O–H groups in total. The molecule has 0 rings (SSSR count). The van der Waals surface area contributed by atoms with E-state index in [0.717, 1.165) is 4.48 Å². The zero-order chi connectivity index (χ0) is 6.08. The average molecular weight is 326 g/mol. The molecule has 0 aliphatic carbocycles. The van der Waals surface area contributed by atoms with Gasteiger partial charge in [-0.1, -0.05) is 0 Å². The molecule has 0 spiro atoms. The Morgan fingerprint density at radius 2 is 1.29 bits per heavy atom. The van der Waals surface area contributed by atoms with Crippen molar-refractivity contribution in [2.45, 2.75) is 2.06 Å². The van der Waals surface area contributed by atoms with E-state index >= 15 is 0 Å². The predicted octanol–water partition coefficient (Wildman–Crippen LogP) is 1.85. The van der Waals surface area contributed by atoms with E-state index in [0.29, 0.717) is 2.06 Å². The highest BCUT2D eigenvalue weighted by molar-refractivity contribution is 14.2. The van der Waals surface area contributed by atoms with Gasteiger partial charge < -0.3 is 4.48 Å². The second-order valence-electron chi connectivity index (χ2n) is 2.39. The minimum atomic E-state index is 0.676. The van der Waals surface area contributed by atoms with Gasteiger partial charge >= 0.3 is 0 Å². The lowest BCUT2D eigenvalue weighted by atomic mass is 10.8. The fourth-order valence-corrected chi connectivity index (χ4v) is 0. The molecule has 44 valence electrons. The van der Waals surface area contributed by atoms with E-state index in [1.165, 1.54) is 0 Å². The number of hydrogen-bond acceptors (Lipinski definition) is 0. The smallest absolute Gasteiger partial charge is 0.188 e. The lowest BCUT2D eigenvalue weighted by molar-refractivity contribution is -0.859. The van der Waals surface area contributed by atoms with Crippen LogP contribution in [0, 0.1) is 0 Å². The third-order valence-electron chi connectivity index (χ3n) is 0.586. The Hall–Kier alpha value is 1.42. The highest BCUT2D eigenvalue weighted by Gasteiger charge is 2.14. The van der Waals surface area contributed by atoms with E-state index in [2.05, 4.69) is 66.3 Å². The number of halogens is 2. The van der Waals surface area contributed by atoms with Crippen molar-refractivity contribution in [3.63, 3.8) is 0 Å². The Balaban J connectivity index is 3.54. The van der Waals surface area contributed by atoms with Crippen LogP contribution in [0.15, 0.2) is 0 Å². The fourth-order valence-electron chi connectivity index (χ4n) is 0. The lowest BCUT2D eigenvalue weighted by Crippen LogP contribution is -2.37. The van der Waals surface area contributed by atoms with Gasteiger partial charge in [-0.3, -0.25) is 0 Å². The zero-order valence-electron chi connectivity index (χ0n) is 4.78. The maximum atomic E-state index is 2.41. The Morgan fingerprint density at radius 1 is 1.14 bits per heavy atom. The third-order valence-corrected chi connectivity index (χ3v) is 3.93. The summed E-state index contributed by atoms with van der Waals surface area (Å²) in [5.41, 5.74) is 0. The standard InChI is InChI=1S/C4H10I2N/c1-7(2,3)4(5)6/h4H,1-3H3/q+1. The van der Waals surface area contributed by atoms with Gasteiger partial charge in [0.25, 0.3) is 0 Å². The Labute approximate surface area is 72.3 Å². The van der Waals surface area contributed by atoms with E-state index < -0.39 is 0 Å². The molecule has 1 nitrogen and oxygen atoms in total. The van der Waals surface area contributed by atoms with Crippen LogP contribution in [0.25, 0.3) is 0 Å². The molecule has 0 bridgehead atoms. The molecular weight excluding hydrogens is 316 g/mol. The quantitative estimate of drug-likeness (QED) is 0.299. The first-order chi connectivity index (χ1) is 2.94. The minimum Gasteiger partial charge on any atom is -0.312 e. The van der Waals surface area contributed by atoms with Gasteiger partial charge in [0, 0.05) is 0 Å². The zero-order valence-corrected chi connectivity index (χ0v) is 9.10. The van der Waals surface area contributed by atoms with Gasteiger partial charge in [0.05, 0.1) is 21.1 Å². The van der Waals surface area contributed by atoms with Crippen molar-refractivity contribution in [3.8, 4) is 0 Å². The van der Waals surface area contributed by atoms with Crippen LogP contribution >= 0.6 is 45.2 Å². The molecule has 3 heteroatoms. The molecule has 0 amide bonds. The fraction of sp³-hybridized carbons (Fsp3) is 1.00. The third kappa shape index (κ3) is 3.96. The molecule has 0 aromatic heterocycles. The van der Waals surface area contributed by atoms with Crippen LogP contribution in [0.1, 0.15) is 0 Å². The normalized spacial score (nSPS) is 12.9. The molecule has 0 heterocycles. The molecular formula is C4H10I2N+. The summed E-state index contributed by atoms with van der Waals surface area (Å²) >= 11 is 4.82. The summed E-state index contributed by atoms with van der Waals surface area (Å²) in [6.07, 6.45) is 0. The molecule has 0 aromatic rings. The Morgan fingerprint density at radius 3 is 1.29 bits per heavy atom. The molecule has 0 unspecified atom stereocenters. The maximum Gasteiger partial charge on any atom is 0.188 e. The van der Waals surface area contributed by atoms with Crippen molar-refractivity contribution < 1.29 is 4.48 Å². The molecule has 0 fully saturated rings. The van der Waals surface area contributed by atoms with Crippen LogP contribution in [0.2, 0.25) is 0 Å². The lowest BCUT2D eigenvalue weighted by Gasteiger charge is -2.25. The van der Waals surface area contributed by atoms with Crippen molar-refractivity contribution in [1.29, 1.82) is 0 Å². The first-order valence-corrected chi connectivity index (χ1v) is 4.53. The van der Waals surface area contributed by atoms with Crippen molar-refractivity contribution >= 4 is 45.2 Å². The molecule has 0 aliphatic heterocycles. The summed E-state index contributed by atoms with van der Waals surface area (Å²) in [7, 11) is 6.55. The molecule has 7 heavy (non-hydrogen) atoms. The highest BCUT2D eigenvalue weighted by atomic mass is 127. The molecule has 0 aliphatic rings. The number of alkyl halides is 2. The first kappa shape index (κ1) is 8.42. The number of rotatable bonds is 1. The van der Waals surface area contributed by atoms with Crippen molar-refractivity contribution in [3.05, 3.63) is 0 Å². The van der Waals surface area contributed by atoms with Gasteiger partial charge in [-0.25, -0.2) is 0 Å². The summed E-state index contributed by atoms with van der Waals surface area (Å²) in [5.74, 6) is 0. The number of nitrogens with zero attached hydrogens (tertiary/aromatic N) is 1. The SMILES string of the molecule is C[N+](C)(C)C(I)I. The van der Waals surface area contributed by atoms with Crippen molar-refractivity contribution in [2.75, 3.05) is 21.1 Å². The van der Waals surface area contributed by atoms with E-state index in [4.69, 9.17) is 0 Å². The van der Waals surface area contributed by atoms with Gasteiger partial charge in [-0.2, -0.15) is 0 Å². The van der Waals surface area contributed by atoms with E-state index in [1.807, 2.05) is 0 Å². The van der Waals surface area contributed by atoms with E-state index in [1.54, 1.807) is 0 Å². The van der Waals surface area contributed by atoms with Crippen LogP contribution < -0.4 is 0 Å². The van der Waals surface area contributed by atoms with Gasteiger partial charge in [0.2, 0.25) is 0 Å². The minimum absolute atomic E-state index is 0.676. The molecule has 0 aromatic carbocycles. The summed E-state index contributed by atoms with van der Waals surface area (Å²) in [6.45, 7) is 0. The van der Waals surface area contributed by atoms with Crippen LogP contribution in [-0.4, -0.2) is 27.7 Å². The van der Waals surface area contributed by atoms with E-state index in [-0.39, 0.29) is 0 Å². The number of hydrogen-bond donors (Lipinski definition) is 0. The summed E-state index contributed by atoms with van der Waals surface area (Å²) in [6, 6.07) is 0. The first-order valence-electron chi connectivity index (χ1n) is 2.04. The number of quaternary nitrogens is 1. The maximum absolute atomic E-state index is 2.41. The van der Waals surface area contributed by atoms with Gasteiger partial charge in [0.1, 0.15) is 0 Å². The average Bonchev–Trinajstić information content (AvgIpc) is 1.31. The van der Waals surface area contributed by atoms with Gasteiger partial charge in [0.15, 0.2) is 2.06 Å². The van der Waals surface area contributed by atoms with Crippen LogP contribution in [0.4, 0.5) is 0 Å². The van der Waals surface area contributed by atoms with Crippen molar-refractivity contribution in [1.82, 2.24) is 0 Å². The van der Waals surface area contributed by atoms with Crippen LogP contribution in [-0.2, 0) is 0 Å². The summed E-state index contributed by atoms with van der Waals surface area (Å²) < 4.78 is 1.70. The van der Waals surface area contributed by atoms with E-state index in [9.17, 15) is 0 Å². The Kier molecular flexibility index (Phi) is 3.39. The molecule has 0 saturated heterocycles. The molecule has 0 saturated carbocycles. The second-order valence-corrected chi connectivity index (χ2v) is 7.14. The largest absolute Gasteiger partial charge is 0.312 e. The molecule has 0 atom stereocenters. The van der Waals surface area contributed by atoms with Gasteiger partial charge in [-0.15, -0.1) is 0 Å². The Bertz CT molecular complexity index is 55.2.